The van der Waals surface area contributed by atoms with E-state index in [0.29, 0.717) is 5.41 Å². The van der Waals surface area contributed by atoms with Crippen molar-refractivity contribution in [2.24, 2.45) is 11.3 Å². The molecule has 2 nitrogen and oxygen atoms in total. The van der Waals surface area contributed by atoms with Gasteiger partial charge in [-0.1, -0.05) is 13.8 Å². The lowest BCUT2D eigenvalue weighted by Crippen LogP contribution is -2.41. The maximum Gasteiger partial charge on any atom is 0.0594 e. The van der Waals surface area contributed by atoms with E-state index in [1.165, 1.54) is 19.4 Å². The molecule has 76 valence electrons. The van der Waals surface area contributed by atoms with Crippen LogP contribution in [0.5, 0.6) is 0 Å². The molecule has 0 aromatic carbocycles. The van der Waals surface area contributed by atoms with Gasteiger partial charge in [-0.15, -0.1) is 0 Å². The second-order valence-corrected chi connectivity index (χ2v) is 4.91. The first-order chi connectivity index (χ1) is 6.23. The Morgan fingerprint density at radius 1 is 1.23 bits per heavy atom. The van der Waals surface area contributed by atoms with Gasteiger partial charge in [0.25, 0.3) is 0 Å². The number of hydrogen-bond donors (Lipinski definition) is 0. The van der Waals surface area contributed by atoms with Crippen molar-refractivity contribution in [1.29, 1.82) is 0 Å². The molecule has 0 unspecified atom stereocenters. The summed E-state index contributed by atoms with van der Waals surface area (Å²) in [6, 6.07) is 0. The Labute approximate surface area is 81.3 Å². The van der Waals surface area contributed by atoms with Crippen LogP contribution in [-0.4, -0.2) is 37.7 Å². The summed E-state index contributed by atoms with van der Waals surface area (Å²) in [5, 5.41) is 0. The molecule has 0 radical (unpaired) electrons. The summed E-state index contributed by atoms with van der Waals surface area (Å²) in [6.07, 6.45) is 2.89. The molecule has 1 heterocycles. The zero-order valence-electron chi connectivity index (χ0n) is 8.88. The van der Waals surface area contributed by atoms with Gasteiger partial charge in [0, 0.05) is 19.6 Å². The predicted molar refractivity (Wildman–Crippen MR) is 53.8 cm³/mol. The molecule has 2 rings (SSSR count). The Kier molecular flexibility index (Phi) is 2.61. The maximum absolute atomic E-state index is 5.35. The molecule has 0 bridgehead atoms. The molecule has 2 heteroatoms. The van der Waals surface area contributed by atoms with Crippen molar-refractivity contribution in [3.8, 4) is 0 Å². The normalized spacial score (nSPS) is 27.9. The van der Waals surface area contributed by atoms with Gasteiger partial charge in [0.2, 0.25) is 0 Å². The third-order valence-electron chi connectivity index (χ3n) is 3.76. The summed E-state index contributed by atoms with van der Waals surface area (Å²) >= 11 is 0. The lowest BCUT2D eigenvalue weighted by atomic mass is 9.92. The first kappa shape index (κ1) is 9.47. The van der Waals surface area contributed by atoms with E-state index in [-0.39, 0.29) is 0 Å². The van der Waals surface area contributed by atoms with E-state index in [9.17, 15) is 0 Å². The van der Waals surface area contributed by atoms with Crippen LogP contribution in [0.2, 0.25) is 0 Å². The Bertz CT molecular complexity index is 169. The molecule has 1 saturated carbocycles. The fourth-order valence-corrected chi connectivity index (χ4v) is 2.28. The number of nitrogens with zero attached hydrogens (tertiary/aromatic N) is 1. The molecule has 0 aromatic heterocycles. The zero-order chi connectivity index (χ0) is 9.31. The highest BCUT2D eigenvalue weighted by Gasteiger charge is 2.46. The second kappa shape index (κ2) is 3.58. The van der Waals surface area contributed by atoms with E-state index in [1.54, 1.807) is 0 Å². The minimum Gasteiger partial charge on any atom is -0.379 e. The van der Waals surface area contributed by atoms with Crippen LogP contribution >= 0.6 is 0 Å². The smallest absolute Gasteiger partial charge is 0.0594 e. The summed E-state index contributed by atoms with van der Waals surface area (Å²) in [5.41, 5.74) is 0.678. The number of hydrogen-bond acceptors (Lipinski definition) is 2. The zero-order valence-corrected chi connectivity index (χ0v) is 8.88. The summed E-state index contributed by atoms with van der Waals surface area (Å²) in [6.45, 7) is 10.2. The molecule has 0 spiro atoms. The van der Waals surface area contributed by atoms with Crippen LogP contribution in [0.3, 0.4) is 0 Å². The average Bonchev–Trinajstić information content (AvgIpc) is 2.87. The van der Waals surface area contributed by atoms with Gasteiger partial charge in [-0.05, 0) is 24.2 Å². The van der Waals surface area contributed by atoms with Gasteiger partial charge in [0.15, 0.2) is 0 Å². The van der Waals surface area contributed by atoms with Crippen molar-refractivity contribution in [2.75, 3.05) is 32.8 Å². The molecular formula is C11H21NO. The predicted octanol–water partition coefficient (Wildman–Crippen LogP) is 1.75. The number of ether oxygens (including phenoxy) is 1. The molecular weight excluding hydrogens is 162 g/mol. The van der Waals surface area contributed by atoms with Gasteiger partial charge in [-0.25, -0.2) is 0 Å². The lowest BCUT2D eigenvalue weighted by molar-refractivity contribution is 0.0240. The molecule has 13 heavy (non-hydrogen) atoms. The Hall–Kier alpha value is -0.0800. The SMILES string of the molecule is CC(C)C1(CN2CCOCC2)CC1. The van der Waals surface area contributed by atoms with Gasteiger partial charge in [0.1, 0.15) is 0 Å². The van der Waals surface area contributed by atoms with E-state index >= 15 is 0 Å². The molecule has 0 amide bonds. The van der Waals surface area contributed by atoms with Crippen LogP contribution in [0.4, 0.5) is 0 Å². The molecule has 0 atom stereocenters. The first-order valence-corrected chi connectivity index (χ1v) is 5.53. The number of rotatable bonds is 3. The molecule has 1 aliphatic carbocycles. The molecule has 1 saturated heterocycles. The van der Waals surface area contributed by atoms with Crippen molar-refractivity contribution < 1.29 is 4.74 Å². The highest BCUT2D eigenvalue weighted by Crippen LogP contribution is 2.52. The van der Waals surface area contributed by atoms with Crippen molar-refractivity contribution >= 4 is 0 Å². The van der Waals surface area contributed by atoms with Crippen molar-refractivity contribution in [3.05, 3.63) is 0 Å². The molecule has 0 aromatic rings. The minimum atomic E-state index is 0.678. The summed E-state index contributed by atoms with van der Waals surface area (Å²) in [7, 11) is 0. The average molecular weight is 183 g/mol. The van der Waals surface area contributed by atoms with Crippen LogP contribution in [0.25, 0.3) is 0 Å². The minimum absolute atomic E-state index is 0.678. The summed E-state index contributed by atoms with van der Waals surface area (Å²) < 4.78 is 5.35. The fourth-order valence-electron chi connectivity index (χ4n) is 2.28. The Balaban J connectivity index is 1.82. The van der Waals surface area contributed by atoms with E-state index in [0.717, 1.165) is 32.2 Å². The quantitative estimate of drug-likeness (QED) is 0.661. The maximum atomic E-state index is 5.35. The van der Waals surface area contributed by atoms with Gasteiger partial charge in [-0.2, -0.15) is 0 Å². The van der Waals surface area contributed by atoms with Crippen LogP contribution in [0.1, 0.15) is 26.7 Å². The molecule has 2 fully saturated rings. The van der Waals surface area contributed by atoms with Crippen LogP contribution in [0, 0.1) is 11.3 Å². The summed E-state index contributed by atoms with van der Waals surface area (Å²) in [5.74, 6) is 0.857. The van der Waals surface area contributed by atoms with E-state index < -0.39 is 0 Å². The van der Waals surface area contributed by atoms with Crippen LogP contribution in [0.15, 0.2) is 0 Å². The van der Waals surface area contributed by atoms with Gasteiger partial charge >= 0.3 is 0 Å². The topological polar surface area (TPSA) is 12.5 Å². The van der Waals surface area contributed by atoms with Gasteiger partial charge in [-0.3, -0.25) is 4.90 Å². The van der Waals surface area contributed by atoms with Crippen LogP contribution in [-0.2, 0) is 4.74 Å². The standard InChI is InChI=1S/C11H21NO/c1-10(2)11(3-4-11)9-12-5-7-13-8-6-12/h10H,3-9H2,1-2H3. The Morgan fingerprint density at radius 2 is 1.85 bits per heavy atom. The Morgan fingerprint density at radius 3 is 2.31 bits per heavy atom. The second-order valence-electron chi connectivity index (χ2n) is 4.91. The van der Waals surface area contributed by atoms with E-state index in [2.05, 4.69) is 18.7 Å². The van der Waals surface area contributed by atoms with Gasteiger partial charge < -0.3 is 4.74 Å². The third-order valence-corrected chi connectivity index (χ3v) is 3.76. The van der Waals surface area contributed by atoms with Crippen molar-refractivity contribution in [3.63, 3.8) is 0 Å². The highest BCUT2D eigenvalue weighted by atomic mass is 16.5. The highest BCUT2D eigenvalue weighted by molar-refractivity contribution is 4.97. The largest absolute Gasteiger partial charge is 0.379 e. The van der Waals surface area contributed by atoms with E-state index in [1.807, 2.05) is 0 Å². The number of morpholine rings is 1. The first-order valence-electron chi connectivity index (χ1n) is 5.53. The molecule has 0 N–H and O–H groups in total. The van der Waals surface area contributed by atoms with Crippen molar-refractivity contribution in [2.45, 2.75) is 26.7 Å². The summed E-state index contributed by atoms with van der Waals surface area (Å²) in [4.78, 5) is 2.58. The molecule has 1 aliphatic heterocycles. The third kappa shape index (κ3) is 2.05. The fraction of sp³-hybridized carbons (Fsp3) is 1.00. The lowest BCUT2D eigenvalue weighted by Gasteiger charge is -2.32. The van der Waals surface area contributed by atoms with Crippen LogP contribution < -0.4 is 0 Å². The van der Waals surface area contributed by atoms with E-state index in [4.69, 9.17) is 4.74 Å². The van der Waals surface area contributed by atoms with Gasteiger partial charge in [0.05, 0.1) is 13.2 Å². The monoisotopic (exact) mass is 183 g/mol. The molecule has 2 aliphatic rings. The van der Waals surface area contributed by atoms with Crippen molar-refractivity contribution in [1.82, 2.24) is 4.90 Å².